The van der Waals surface area contributed by atoms with E-state index in [2.05, 4.69) is 15.1 Å². The van der Waals surface area contributed by atoms with Crippen LogP contribution in [0.2, 0.25) is 0 Å². The van der Waals surface area contributed by atoms with Crippen LogP contribution in [0.15, 0.2) is 36.6 Å². The summed E-state index contributed by atoms with van der Waals surface area (Å²) in [6, 6.07) is 3.38. The molecule has 0 atom stereocenters. The molecule has 1 aliphatic rings. The Morgan fingerprint density at radius 1 is 1.29 bits per heavy atom. The molecule has 0 aliphatic heterocycles. The number of hydrogen-bond acceptors (Lipinski definition) is 6. The Bertz CT molecular complexity index is 804. The van der Waals surface area contributed by atoms with E-state index in [9.17, 15) is 9.59 Å². The van der Waals surface area contributed by atoms with Gasteiger partial charge in [-0.05, 0) is 31.9 Å². The predicted molar refractivity (Wildman–Crippen MR) is 87.7 cm³/mol. The number of ketones is 2. The van der Waals surface area contributed by atoms with E-state index in [4.69, 9.17) is 0 Å². The molecule has 124 valence electrons. The van der Waals surface area contributed by atoms with Crippen molar-refractivity contribution in [2.24, 2.45) is 5.92 Å². The molecule has 0 aromatic carbocycles. The molecule has 0 unspecified atom stereocenters. The van der Waals surface area contributed by atoms with E-state index in [1.54, 1.807) is 44.3 Å². The zero-order valence-corrected chi connectivity index (χ0v) is 13.9. The van der Waals surface area contributed by atoms with Crippen molar-refractivity contribution in [1.82, 2.24) is 24.6 Å². The second kappa shape index (κ2) is 6.35. The molecule has 1 aliphatic carbocycles. The number of aryl methyl sites for hydroxylation is 1. The highest BCUT2D eigenvalue weighted by molar-refractivity contribution is 6.27. The van der Waals surface area contributed by atoms with Crippen LogP contribution in [0.5, 0.6) is 0 Å². The number of carbonyl (C=O) groups excluding carboxylic acids is 2. The summed E-state index contributed by atoms with van der Waals surface area (Å²) in [5, 5.41) is 4.02. The van der Waals surface area contributed by atoms with Crippen LogP contribution in [0.1, 0.15) is 28.9 Å². The van der Waals surface area contributed by atoms with Gasteiger partial charge in [-0.25, -0.2) is 14.6 Å². The third-order valence-electron chi connectivity index (χ3n) is 3.81. The molecule has 0 N–H and O–H groups in total. The van der Waals surface area contributed by atoms with E-state index in [0.29, 0.717) is 17.1 Å². The number of carbonyl (C=O) groups is 2. The highest BCUT2D eigenvalue weighted by Gasteiger charge is 2.35. The molecule has 0 saturated heterocycles. The summed E-state index contributed by atoms with van der Waals surface area (Å²) in [7, 11) is 3.60. The fourth-order valence-corrected chi connectivity index (χ4v) is 2.44. The van der Waals surface area contributed by atoms with Gasteiger partial charge in [0.1, 0.15) is 12.7 Å². The molecule has 2 heterocycles. The van der Waals surface area contributed by atoms with E-state index in [-0.39, 0.29) is 23.1 Å². The number of nitrogens with zero attached hydrogens (tertiary/aromatic N) is 5. The first-order valence-electron chi connectivity index (χ1n) is 7.77. The predicted octanol–water partition coefficient (Wildman–Crippen LogP) is 1.58. The Hall–Kier alpha value is -2.83. The topological polar surface area (TPSA) is 81.0 Å². The largest absolute Gasteiger partial charge is 0.383 e. The molecule has 2 aromatic rings. The lowest BCUT2D eigenvalue weighted by molar-refractivity contribution is -0.116. The number of rotatable bonds is 6. The molecule has 24 heavy (non-hydrogen) atoms. The Morgan fingerprint density at radius 2 is 2.04 bits per heavy atom. The number of pyridine rings is 1. The Morgan fingerprint density at radius 3 is 2.58 bits per heavy atom. The van der Waals surface area contributed by atoms with E-state index in [1.807, 2.05) is 0 Å². The summed E-state index contributed by atoms with van der Waals surface area (Å²) in [5.74, 6) is 0.209. The van der Waals surface area contributed by atoms with Gasteiger partial charge >= 0.3 is 0 Å². The van der Waals surface area contributed by atoms with E-state index in [0.717, 1.165) is 12.8 Å². The normalized spacial score (nSPS) is 14.5. The molecule has 0 spiro atoms. The smallest absolute Gasteiger partial charge is 0.199 e. The number of Topliss-reactive ketones (excluding diaryl/α,β-unsaturated/α-hetero) is 2. The number of allylic oxidation sites excluding steroid dienone is 1. The summed E-state index contributed by atoms with van der Waals surface area (Å²) < 4.78 is 1.52. The lowest BCUT2D eigenvalue weighted by Crippen LogP contribution is -2.19. The Balaban J connectivity index is 1.94. The molecule has 7 nitrogen and oxygen atoms in total. The van der Waals surface area contributed by atoms with Gasteiger partial charge < -0.3 is 4.90 Å². The maximum Gasteiger partial charge on any atom is 0.199 e. The van der Waals surface area contributed by atoms with Gasteiger partial charge in [-0.1, -0.05) is 0 Å². The van der Waals surface area contributed by atoms with E-state index < -0.39 is 0 Å². The highest BCUT2D eigenvalue weighted by Crippen LogP contribution is 2.33. The average Bonchev–Trinajstić information content (AvgIpc) is 3.25. The van der Waals surface area contributed by atoms with Gasteiger partial charge in [0.05, 0.1) is 11.3 Å². The minimum atomic E-state index is -0.282. The van der Waals surface area contributed by atoms with Crippen molar-refractivity contribution in [1.29, 1.82) is 0 Å². The summed E-state index contributed by atoms with van der Waals surface area (Å²) in [5.41, 5.74) is 1.21. The third kappa shape index (κ3) is 3.24. The fraction of sp³-hybridized carbons (Fsp3) is 0.353. The van der Waals surface area contributed by atoms with Crippen molar-refractivity contribution in [2.75, 3.05) is 14.1 Å². The average molecular weight is 325 g/mol. The molecule has 1 saturated carbocycles. The Labute approximate surface area is 140 Å². The number of hydrogen-bond donors (Lipinski definition) is 0. The van der Waals surface area contributed by atoms with Gasteiger partial charge in [0, 0.05) is 31.8 Å². The second-order valence-electron chi connectivity index (χ2n) is 6.12. The van der Waals surface area contributed by atoms with Crippen LogP contribution in [-0.2, 0) is 4.79 Å². The third-order valence-corrected chi connectivity index (χ3v) is 3.81. The maximum absolute atomic E-state index is 12.9. The van der Waals surface area contributed by atoms with E-state index in [1.165, 1.54) is 17.3 Å². The van der Waals surface area contributed by atoms with Crippen LogP contribution < -0.4 is 0 Å². The van der Waals surface area contributed by atoms with Crippen molar-refractivity contribution >= 4 is 11.6 Å². The molecule has 0 amide bonds. The molecular weight excluding hydrogens is 306 g/mol. The summed E-state index contributed by atoms with van der Waals surface area (Å²) in [4.78, 5) is 35.4. The van der Waals surface area contributed by atoms with Crippen molar-refractivity contribution < 1.29 is 9.59 Å². The quantitative estimate of drug-likeness (QED) is 0.347. The maximum atomic E-state index is 12.9. The van der Waals surface area contributed by atoms with Crippen molar-refractivity contribution in [2.45, 2.75) is 19.8 Å². The summed E-state index contributed by atoms with van der Waals surface area (Å²) in [6.45, 7) is 1.75. The molecule has 0 radical (unpaired) electrons. The first kappa shape index (κ1) is 16.0. The second-order valence-corrected chi connectivity index (χ2v) is 6.12. The molecule has 3 rings (SSSR count). The molecule has 2 aromatic heterocycles. The fourth-order valence-electron chi connectivity index (χ4n) is 2.44. The van der Waals surface area contributed by atoms with Crippen LogP contribution in [-0.4, -0.2) is 50.3 Å². The molecule has 0 bridgehead atoms. The first-order chi connectivity index (χ1) is 11.5. The molecular formula is C17H19N5O2. The van der Waals surface area contributed by atoms with Gasteiger partial charge in [-0.2, -0.15) is 5.10 Å². The van der Waals surface area contributed by atoms with Crippen LogP contribution >= 0.6 is 0 Å². The summed E-state index contributed by atoms with van der Waals surface area (Å²) >= 11 is 0. The highest BCUT2D eigenvalue weighted by atomic mass is 16.1. The first-order valence-corrected chi connectivity index (χ1v) is 7.77. The lowest BCUT2D eigenvalue weighted by Gasteiger charge is -2.12. The standard InChI is InChI=1S/C17H19N5O2/c1-11-13(6-7-15(20-11)22-10-18-9-19-22)17(24)14(8-21(2)3)16(23)12-4-5-12/h6-10,12H,4-5H2,1-3H3/b14-8+. The lowest BCUT2D eigenvalue weighted by atomic mass is 9.97. The van der Waals surface area contributed by atoms with Crippen molar-refractivity contribution in [3.05, 3.63) is 47.8 Å². The Kier molecular flexibility index (Phi) is 4.24. The molecule has 1 fully saturated rings. The van der Waals surface area contributed by atoms with Crippen LogP contribution in [0.3, 0.4) is 0 Å². The zero-order chi connectivity index (χ0) is 17.3. The van der Waals surface area contributed by atoms with E-state index >= 15 is 0 Å². The van der Waals surface area contributed by atoms with Gasteiger partial charge in [-0.3, -0.25) is 9.59 Å². The number of aromatic nitrogens is 4. The summed E-state index contributed by atoms with van der Waals surface area (Å²) in [6.07, 6.45) is 6.28. The minimum absolute atomic E-state index is 0.0113. The monoisotopic (exact) mass is 325 g/mol. The van der Waals surface area contributed by atoms with Gasteiger partial charge in [0.25, 0.3) is 0 Å². The molecule has 7 heteroatoms. The minimum Gasteiger partial charge on any atom is -0.383 e. The van der Waals surface area contributed by atoms with Crippen LogP contribution in [0.25, 0.3) is 5.82 Å². The van der Waals surface area contributed by atoms with Crippen LogP contribution in [0.4, 0.5) is 0 Å². The van der Waals surface area contributed by atoms with Crippen molar-refractivity contribution in [3.63, 3.8) is 0 Å². The SMILES string of the molecule is Cc1nc(-n2cncn2)ccc1C(=O)/C(=C/N(C)C)C(=O)C1CC1. The van der Waals surface area contributed by atoms with Gasteiger partial charge in [-0.15, -0.1) is 0 Å². The van der Waals surface area contributed by atoms with Gasteiger partial charge in [0.2, 0.25) is 0 Å². The zero-order valence-electron chi connectivity index (χ0n) is 13.9. The van der Waals surface area contributed by atoms with Gasteiger partial charge in [0.15, 0.2) is 17.4 Å². The van der Waals surface area contributed by atoms with Crippen LogP contribution in [0, 0.1) is 12.8 Å². The van der Waals surface area contributed by atoms with Crippen molar-refractivity contribution in [3.8, 4) is 5.82 Å².